The molecule has 0 spiro atoms. The molecule has 7 amide bonds. The second-order valence-electron chi connectivity index (χ2n) is 30.7. The molecule has 4 aliphatic carbocycles. The third-order valence-electron chi connectivity index (χ3n) is 21.7. The van der Waals surface area contributed by atoms with Crippen LogP contribution in [-0.4, -0.2) is 179 Å². The highest BCUT2D eigenvalue weighted by Crippen LogP contribution is 2.72. The van der Waals surface area contributed by atoms with Gasteiger partial charge in [-0.15, -0.1) is 0 Å². The van der Waals surface area contributed by atoms with Crippen LogP contribution in [0.1, 0.15) is 160 Å². The number of imide groups is 1. The van der Waals surface area contributed by atoms with Crippen molar-refractivity contribution in [1.29, 1.82) is 0 Å². The number of carbonyl (C=O) groups is 9. The Kier molecular flexibility index (Phi) is 22.1. The number of hydrogen-bond acceptors (Lipinski definition) is 19. The number of unbranched alkanes of at least 4 members (excludes halogenated alkanes) is 2. The molecule has 27 nitrogen and oxygen atoms in total. The van der Waals surface area contributed by atoms with Gasteiger partial charge in [-0.25, -0.2) is 24.4 Å². The molecule has 558 valence electrons. The van der Waals surface area contributed by atoms with Gasteiger partial charge in [0.15, 0.2) is 16.9 Å². The Morgan fingerprint density at radius 2 is 1.57 bits per heavy atom. The molecule has 3 aromatic heterocycles. The highest BCUT2D eigenvalue weighted by Gasteiger charge is 2.66. The molecule has 28 heteroatoms. The maximum absolute atomic E-state index is 13.9. The first-order valence-corrected chi connectivity index (χ1v) is 36.9. The molecule has 2 unspecified atom stereocenters. The standard InChI is InChI=1S/C77H93N11O16S/c1-44(2)63(83-60(90)18-9-8-12-28-87-61(91)25-26-62(87)92)69(96)79-45(3)67(94)80-50-21-19-49(48(32-50)20-22-51-33-57(89)65(93)66(104-51)71(99)100)36-102-73(101)85(7)30-31-103-77-40-74(5)37-75(6,41-77)39-76(38-74,42-77)43-88-46(4)54(34-78-88)52-23-24-59(82-64(52)70(97)98)86-29-27-47-14-13-15-53(55(47)35-86)68(95)84-72-81-56-16-10-11-17-58(56)105-72/h10-11,13-17,19,21,23-26,32,34,44-45,51,57,63,65-66,89,93H,8-9,12,18,20,22,27-31,33,35-43H2,1-7H3,(H,79,96)(H,80,94)(H,83,90)(H,97,98)(H,99,100)(H,81,84,95)/t45-,51-,57+,63-,65-,66-,74?,75?,76?,77?/m0/s1. The number of thiazole rings is 1. The number of fused-ring (bicyclic) bond motifs is 2. The number of amides is 7. The molecule has 3 aliphatic heterocycles. The number of para-hydroxylation sites is 1. The monoisotopic (exact) mass is 1460 g/mol. The number of aliphatic hydroxyl groups is 2. The number of nitrogens with zero attached hydrogens (tertiary/aromatic N) is 7. The van der Waals surface area contributed by atoms with E-state index in [2.05, 4.69) is 40.1 Å². The third kappa shape index (κ3) is 16.9. The summed E-state index contributed by atoms with van der Waals surface area (Å²) in [5.74, 6) is -5.00. The summed E-state index contributed by atoms with van der Waals surface area (Å²) >= 11 is 1.41. The summed E-state index contributed by atoms with van der Waals surface area (Å²) in [6, 6.07) is 20.0. The molecule has 13 rings (SSSR count). The summed E-state index contributed by atoms with van der Waals surface area (Å²) in [6.45, 7) is 13.7. The Labute approximate surface area is 612 Å². The fourth-order valence-electron chi connectivity index (χ4n) is 17.7. The Balaban J connectivity index is 0.663. The largest absolute Gasteiger partial charge is 0.479 e. The normalized spacial score (nSPS) is 24.4. The number of hydrogen-bond donors (Lipinski definition) is 8. The van der Waals surface area contributed by atoms with Gasteiger partial charge in [0.25, 0.3) is 17.7 Å². The van der Waals surface area contributed by atoms with Gasteiger partial charge in [0.05, 0.1) is 40.8 Å². The Morgan fingerprint density at radius 3 is 2.30 bits per heavy atom. The van der Waals surface area contributed by atoms with Crippen LogP contribution in [0.2, 0.25) is 0 Å². The van der Waals surface area contributed by atoms with Gasteiger partial charge in [0.2, 0.25) is 17.7 Å². The number of pyridine rings is 1. The van der Waals surface area contributed by atoms with E-state index in [4.69, 9.17) is 24.3 Å². The zero-order valence-electron chi connectivity index (χ0n) is 60.3. The minimum Gasteiger partial charge on any atom is -0.479 e. The summed E-state index contributed by atoms with van der Waals surface area (Å²) in [4.78, 5) is 131. The van der Waals surface area contributed by atoms with E-state index >= 15 is 0 Å². The highest BCUT2D eigenvalue weighted by atomic mass is 32.1. The van der Waals surface area contributed by atoms with Crippen molar-refractivity contribution in [2.24, 2.45) is 22.2 Å². The van der Waals surface area contributed by atoms with Gasteiger partial charge in [0, 0.05) is 92.8 Å². The number of aryl methyl sites for hydroxylation is 1. The molecule has 4 bridgehead atoms. The maximum atomic E-state index is 13.9. The Morgan fingerprint density at radius 1 is 0.819 bits per heavy atom. The summed E-state index contributed by atoms with van der Waals surface area (Å²) in [5.41, 5.74) is 5.73. The van der Waals surface area contributed by atoms with E-state index in [0.29, 0.717) is 89.8 Å². The molecule has 105 heavy (non-hydrogen) atoms. The van der Waals surface area contributed by atoms with E-state index < -0.39 is 71.9 Å². The van der Waals surface area contributed by atoms with Crippen molar-refractivity contribution in [2.75, 3.05) is 48.8 Å². The predicted octanol–water partition coefficient (Wildman–Crippen LogP) is 8.75. The number of ether oxygens (including phenoxy) is 3. The van der Waals surface area contributed by atoms with Crippen LogP contribution in [0.5, 0.6) is 0 Å². The van der Waals surface area contributed by atoms with Crippen molar-refractivity contribution in [3.63, 3.8) is 0 Å². The van der Waals surface area contributed by atoms with Crippen LogP contribution in [0.3, 0.4) is 0 Å². The van der Waals surface area contributed by atoms with Crippen LogP contribution >= 0.6 is 11.3 Å². The van der Waals surface area contributed by atoms with Gasteiger partial charge in [-0.05, 0) is 171 Å². The van der Waals surface area contributed by atoms with Crippen LogP contribution in [0, 0.1) is 29.1 Å². The molecule has 6 heterocycles. The zero-order chi connectivity index (χ0) is 74.9. The van der Waals surface area contributed by atoms with Crippen molar-refractivity contribution < 1.29 is 77.8 Å². The number of aromatic nitrogens is 4. The molecule has 5 fully saturated rings. The van der Waals surface area contributed by atoms with Gasteiger partial charge < -0.3 is 60.4 Å². The number of carboxylic acid groups (broad SMARTS) is 2. The fraction of sp³-hybridized carbons (Fsp3) is 0.506. The second kappa shape index (κ2) is 30.9. The molecule has 0 radical (unpaired) electrons. The number of likely N-dealkylation sites (N-methyl/N-ethyl adjacent to an activating group) is 1. The average molecular weight is 1460 g/mol. The molecule has 7 aliphatic rings. The number of carbonyl (C=O) groups excluding carboxylic acids is 7. The molecule has 1 saturated heterocycles. The Hall–Kier alpha value is -9.48. The molecular weight excluding hydrogens is 1370 g/mol. The maximum Gasteiger partial charge on any atom is 0.409 e. The van der Waals surface area contributed by atoms with E-state index in [-0.39, 0.29) is 103 Å². The van der Waals surface area contributed by atoms with Crippen LogP contribution in [-0.2, 0) is 75.5 Å². The van der Waals surface area contributed by atoms with Crippen LogP contribution in [0.4, 0.5) is 21.4 Å². The quantitative estimate of drug-likeness (QED) is 0.0161. The number of rotatable bonds is 29. The van der Waals surface area contributed by atoms with E-state index in [1.54, 1.807) is 51.4 Å². The van der Waals surface area contributed by atoms with E-state index in [1.165, 1.54) is 35.3 Å². The van der Waals surface area contributed by atoms with E-state index in [1.807, 2.05) is 65.0 Å². The van der Waals surface area contributed by atoms with Crippen molar-refractivity contribution in [2.45, 2.75) is 193 Å². The van der Waals surface area contributed by atoms with Gasteiger partial charge in [0.1, 0.15) is 30.6 Å². The van der Waals surface area contributed by atoms with Crippen LogP contribution in [0.25, 0.3) is 21.3 Å². The number of aliphatic carboxylic acids is 1. The van der Waals surface area contributed by atoms with Gasteiger partial charge in [-0.3, -0.25) is 43.7 Å². The minimum absolute atomic E-state index is 0.0423. The number of nitrogens with one attached hydrogen (secondary N) is 4. The first-order valence-electron chi connectivity index (χ1n) is 36.1. The summed E-state index contributed by atoms with van der Waals surface area (Å²) in [5, 5.41) is 58.3. The van der Waals surface area contributed by atoms with Gasteiger partial charge in [-0.2, -0.15) is 5.10 Å². The van der Waals surface area contributed by atoms with Crippen molar-refractivity contribution in [1.82, 2.24) is 40.2 Å². The summed E-state index contributed by atoms with van der Waals surface area (Å²) < 4.78 is 21.7. The van der Waals surface area contributed by atoms with Crippen LogP contribution < -0.4 is 26.2 Å². The molecule has 4 saturated carbocycles. The molecular formula is C77H93N11O16S. The lowest BCUT2D eigenvalue weighted by Crippen LogP contribution is -2.64. The smallest absolute Gasteiger partial charge is 0.409 e. The molecule has 8 atom stereocenters. The van der Waals surface area contributed by atoms with Crippen LogP contribution in [0.15, 0.2) is 91.1 Å². The lowest BCUT2D eigenvalue weighted by molar-refractivity contribution is -0.248. The predicted molar refractivity (Wildman–Crippen MR) is 389 cm³/mol. The fourth-order valence-corrected chi connectivity index (χ4v) is 18.5. The van der Waals surface area contributed by atoms with E-state index in [0.717, 1.165) is 70.5 Å². The lowest BCUT2D eigenvalue weighted by atomic mass is 9.39. The zero-order valence-corrected chi connectivity index (χ0v) is 61.1. The topological polar surface area (TPSA) is 364 Å². The average Bonchev–Trinajstić information content (AvgIpc) is 1.03. The Bertz CT molecular complexity index is 4330. The number of carboxylic acids is 2. The lowest BCUT2D eigenvalue weighted by Gasteiger charge is -2.69. The molecule has 3 aromatic carbocycles. The number of anilines is 3. The van der Waals surface area contributed by atoms with Crippen molar-refractivity contribution in [3.05, 3.63) is 130 Å². The SMILES string of the molecule is Cc1c(-c2ccc(N3CCc4cccc(C(=O)Nc5nc6ccccc6s5)c4C3)nc2C(=O)O)cnn1CC12CC3(C)CC(C)(C1)CC(OCCN(C)C(=O)OCc1ccc(NC(=O)[C@H](C)NC(=O)[C@@H](NC(=O)CCCCCN4C(=O)C=CC4=O)C(C)C)cc1CC[C@H]1C[C@@H](O)[C@H](O)[C@@H](C(=O)O)O1)(C3)C2. The molecule has 8 N–H and O–H groups in total. The third-order valence-corrected chi connectivity index (χ3v) is 22.6. The first-order chi connectivity index (χ1) is 50.0. The number of aromatic carboxylic acids is 1. The van der Waals surface area contributed by atoms with Gasteiger partial charge >= 0.3 is 18.0 Å². The summed E-state index contributed by atoms with van der Waals surface area (Å²) in [6.07, 6.45) is 6.13. The van der Waals surface area contributed by atoms with Gasteiger partial charge in [-0.1, -0.05) is 75.8 Å². The van der Waals surface area contributed by atoms with E-state index in [9.17, 15) is 63.6 Å². The number of aliphatic hydroxyl groups excluding tert-OH is 2. The second-order valence-corrected chi connectivity index (χ2v) is 31.8. The number of benzene rings is 3. The first kappa shape index (κ1) is 75.2. The minimum atomic E-state index is -1.66. The molecule has 6 aromatic rings. The summed E-state index contributed by atoms with van der Waals surface area (Å²) in [7, 11) is 1.63. The van der Waals surface area contributed by atoms with Crippen molar-refractivity contribution >= 4 is 91.7 Å². The highest BCUT2D eigenvalue weighted by molar-refractivity contribution is 7.22. The van der Waals surface area contributed by atoms with Crippen molar-refractivity contribution in [3.8, 4) is 11.1 Å².